The number of hydrogen-bond donors (Lipinski definition) is 2. The van der Waals surface area contributed by atoms with Crippen LogP contribution < -0.4 is 5.32 Å². The molecule has 0 aliphatic carbocycles. The zero-order valence-electron chi connectivity index (χ0n) is 10.4. The Morgan fingerprint density at radius 1 is 1.45 bits per heavy atom. The fourth-order valence-corrected chi connectivity index (χ4v) is 1.63. The van der Waals surface area contributed by atoms with Gasteiger partial charge in [0.25, 0.3) is 5.91 Å². The monoisotopic (exact) mass is 290 g/mol. The summed E-state index contributed by atoms with van der Waals surface area (Å²) in [5.74, 6) is 5.32. The van der Waals surface area contributed by atoms with Crippen molar-refractivity contribution in [3.63, 3.8) is 0 Å². The molecule has 0 fully saturated rings. The molecule has 2 aromatic rings. The van der Waals surface area contributed by atoms with Gasteiger partial charge in [0.15, 0.2) is 0 Å². The van der Waals surface area contributed by atoms with E-state index in [1.165, 1.54) is 12.3 Å². The maximum absolute atomic E-state index is 11.9. The van der Waals surface area contributed by atoms with Gasteiger partial charge in [0.05, 0.1) is 18.5 Å². The molecule has 6 heteroatoms. The highest BCUT2D eigenvalue weighted by molar-refractivity contribution is 6.30. The van der Waals surface area contributed by atoms with Crippen molar-refractivity contribution < 1.29 is 14.4 Å². The third-order valence-corrected chi connectivity index (χ3v) is 2.59. The lowest BCUT2D eigenvalue weighted by atomic mass is 10.1. The lowest BCUT2D eigenvalue weighted by molar-refractivity contribution is 0.0988. The lowest BCUT2D eigenvalue weighted by Gasteiger charge is -2.06. The molecule has 102 valence electrons. The van der Waals surface area contributed by atoms with Gasteiger partial charge in [0.1, 0.15) is 0 Å². The number of hydrogen-bond acceptors (Lipinski definition) is 4. The zero-order chi connectivity index (χ0) is 14.4. The van der Waals surface area contributed by atoms with E-state index < -0.39 is 5.91 Å². The molecule has 20 heavy (non-hydrogen) atoms. The molecule has 0 bridgehead atoms. The first-order chi connectivity index (χ1) is 9.70. The van der Waals surface area contributed by atoms with Crippen molar-refractivity contribution in [1.29, 1.82) is 0 Å². The van der Waals surface area contributed by atoms with Crippen molar-refractivity contribution in [3.8, 4) is 11.8 Å². The molecule has 0 saturated carbocycles. The molecule has 0 atom stereocenters. The van der Waals surface area contributed by atoms with Crippen LogP contribution in [0.3, 0.4) is 0 Å². The summed E-state index contributed by atoms with van der Waals surface area (Å²) in [7, 11) is 0. The zero-order valence-corrected chi connectivity index (χ0v) is 11.1. The summed E-state index contributed by atoms with van der Waals surface area (Å²) in [6.45, 7) is -0.0205. The molecule has 1 aromatic carbocycles. The number of nitrogens with one attached hydrogen (secondary N) is 1. The van der Waals surface area contributed by atoms with E-state index in [0.29, 0.717) is 22.7 Å². The number of aliphatic hydroxyl groups excluding tert-OH is 1. The molecule has 1 heterocycles. The Balaban J connectivity index is 2.23. The van der Waals surface area contributed by atoms with Crippen molar-refractivity contribution >= 4 is 23.2 Å². The van der Waals surface area contributed by atoms with Crippen molar-refractivity contribution in [2.45, 2.75) is 6.42 Å². The summed E-state index contributed by atoms with van der Waals surface area (Å²) in [5, 5.41) is 15.4. The highest BCUT2D eigenvalue weighted by atomic mass is 35.5. The van der Waals surface area contributed by atoms with Crippen LogP contribution in [0.4, 0.5) is 5.69 Å². The number of rotatable bonds is 3. The van der Waals surface area contributed by atoms with Crippen molar-refractivity contribution in [1.82, 2.24) is 5.16 Å². The number of anilines is 1. The van der Waals surface area contributed by atoms with E-state index in [0.717, 1.165) is 0 Å². The van der Waals surface area contributed by atoms with Crippen LogP contribution in [0.1, 0.15) is 22.5 Å². The minimum absolute atomic E-state index is 0.0205. The first-order valence-electron chi connectivity index (χ1n) is 5.82. The summed E-state index contributed by atoms with van der Waals surface area (Å²) in [6.07, 6.45) is 1.74. The summed E-state index contributed by atoms with van der Waals surface area (Å²) in [4.78, 5) is 11.9. The largest absolute Gasteiger partial charge is 0.395 e. The van der Waals surface area contributed by atoms with E-state index in [-0.39, 0.29) is 12.4 Å². The Bertz CT molecular complexity index is 657. The van der Waals surface area contributed by atoms with Crippen LogP contribution in [0.25, 0.3) is 0 Å². The molecule has 0 aliphatic rings. The van der Waals surface area contributed by atoms with E-state index in [4.69, 9.17) is 21.2 Å². The fraction of sp³-hybridized carbons (Fsp3) is 0.143. The predicted molar refractivity (Wildman–Crippen MR) is 74.5 cm³/mol. The van der Waals surface area contributed by atoms with Crippen molar-refractivity contribution in [2.24, 2.45) is 0 Å². The van der Waals surface area contributed by atoms with Crippen molar-refractivity contribution in [2.75, 3.05) is 11.9 Å². The van der Waals surface area contributed by atoms with Gasteiger partial charge < -0.3 is 14.9 Å². The van der Waals surface area contributed by atoms with Crippen LogP contribution in [-0.2, 0) is 0 Å². The Hall–Kier alpha value is -2.29. The van der Waals surface area contributed by atoms with Gasteiger partial charge >= 0.3 is 0 Å². The minimum Gasteiger partial charge on any atom is -0.395 e. The maximum Gasteiger partial charge on any atom is 0.294 e. The highest BCUT2D eigenvalue weighted by Gasteiger charge is 2.11. The summed E-state index contributed by atoms with van der Waals surface area (Å²) < 4.78 is 4.77. The number of halogens is 1. The molecular formula is C14H11ClN2O3. The summed E-state index contributed by atoms with van der Waals surface area (Å²) >= 11 is 5.91. The van der Waals surface area contributed by atoms with E-state index in [2.05, 4.69) is 22.3 Å². The fourth-order valence-electron chi connectivity index (χ4n) is 1.46. The van der Waals surface area contributed by atoms with Gasteiger partial charge in [0.2, 0.25) is 5.76 Å². The Morgan fingerprint density at radius 3 is 3.00 bits per heavy atom. The van der Waals surface area contributed by atoms with Crippen LogP contribution in [0, 0.1) is 11.8 Å². The number of aromatic nitrogens is 1. The number of carbonyl (C=O) groups is 1. The quantitative estimate of drug-likeness (QED) is 0.851. The van der Waals surface area contributed by atoms with Crippen LogP contribution in [0.5, 0.6) is 0 Å². The van der Waals surface area contributed by atoms with E-state index in [1.54, 1.807) is 18.2 Å². The van der Waals surface area contributed by atoms with Crippen LogP contribution in [-0.4, -0.2) is 22.8 Å². The lowest BCUT2D eigenvalue weighted by Crippen LogP contribution is -2.11. The van der Waals surface area contributed by atoms with Crippen molar-refractivity contribution in [3.05, 3.63) is 46.8 Å². The third kappa shape index (κ3) is 3.60. The van der Waals surface area contributed by atoms with E-state index in [1.807, 2.05) is 0 Å². The summed E-state index contributed by atoms with van der Waals surface area (Å²) in [5.41, 5.74) is 1.08. The standard InChI is InChI=1S/C14H11ClN2O3/c15-11-4-5-12(10(9-11)3-1-2-8-18)17-14(19)13-6-7-16-20-13/h4-7,9,18H,2,8H2,(H,17,19). The van der Waals surface area contributed by atoms with Gasteiger partial charge in [-0.1, -0.05) is 28.6 Å². The Morgan fingerprint density at radius 2 is 2.30 bits per heavy atom. The third-order valence-electron chi connectivity index (χ3n) is 2.35. The van der Waals surface area contributed by atoms with Gasteiger partial charge in [-0.2, -0.15) is 0 Å². The number of aliphatic hydroxyl groups is 1. The molecule has 0 saturated heterocycles. The SMILES string of the molecule is O=C(Nc1ccc(Cl)cc1C#CCCO)c1ccno1. The van der Waals surface area contributed by atoms with Gasteiger partial charge in [-0.15, -0.1) is 0 Å². The molecule has 0 aliphatic heterocycles. The molecule has 1 amide bonds. The second kappa shape index (κ2) is 6.75. The summed E-state index contributed by atoms with van der Waals surface area (Å²) in [6, 6.07) is 6.40. The molecule has 2 rings (SSSR count). The molecule has 0 unspecified atom stereocenters. The average molecular weight is 291 g/mol. The Labute approximate surface area is 120 Å². The molecule has 0 radical (unpaired) electrons. The predicted octanol–water partition coefficient (Wildman–Crippen LogP) is 2.31. The molecular weight excluding hydrogens is 280 g/mol. The second-order valence-electron chi connectivity index (χ2n) is 3.80. The number of benzene rings is 1. The molecule has 2 N–H and O–H groups in total. The minimum atomic E-state index is -0.421. The number of carbonyl (C=O) groups excluding carboxylic acids is 1. The van der Waals surface area contributed by atoms with E-state index >= 15 is 0 Å². The second-order valence-corrected chi connectivity index (χ2v) is 4.23. The van der Waals surface area contributed by atoms with E-state index in [9.17, 15) is 4.79 Å². The van der Waals surface area contributed by atoms with Crippen LogP contribution in [0.15, 0.2) is 35.0 Å². The highest BCUT2D eigenvalue weighted by Crippen LogP contribution is 2.20. The molecule has 1 aromatic heterocycles. The van der Waals surface area contributed by atoms with Crippen LogP contribution in [0.2, 0.25) is 5.02 Å². The topological polar surface area (TPSA) is 75.4 Å². The Kier molecular flexibility index (Phi) is 4.77. The first kappa shape index (κ1) is 14.1. The average Bonchev–Trinajstić information content (AvgIpc) is 2.96. The normalized spacial score (nSPS) is 9.70. The maximum atomic E-state index is 11.9. The molecule has 5 nitrogen and oxygen atoms in total. The van der Waals surface area contributed by atoms with Gasteiger partial charge in [-0.25, -0.2) is 0 Å². The number of nitrogens with zero attached hydrogens (tertiary/aromatic N) is 1. The van der Waals surface area contributed by atoms with Gasteiger partial charge in [-0.05, 0) is 18.2 Å². The van der Waals surface area contributed by atoms with Crippen LogP contribution >= 0.6 is 11.6 Å². The first-order valence-corrected chi connectivity index (χ1v) is 6.20. The molecule has 0 spiro atoms. The van der Waals surface area contributed by atoms with Gasteiger partial charge in [0, 0.05) is 23.1 Å². The van der Waals surface area contributed by atoms with Gasteiger partial charge in [-0.3, -0.25) is 4.79 Å². The number of amides is 1. The smallest absolute Gasteiger partial charge is 0.294 e.